The molecule has 16 nitrogen and oxygen atoms in total. The number of alkyl carbamates (subject to hydrolysis) is 1. The minimum Gasteiger partial charge on any atom is -0.467 e. The van der Waals surface area contributed by atoms with Crippen LogP contribution < -0.4 is 15.4 Å². The summed E-state index contributed by atoms with van der Waals surface area (Å²) in [5.74, 6) is -4.31. The number of benzene rings is 1. The number of carbonyl (C=O) groups is 7. The first kappa shape index (κ1) is 42.2. The van der Waals surface area contributed by atoms with Crippen molar-refractivity contribution in [3.8, 4) is 5.75 Å². The highest BCUT2D eigenvalue weighted by molar-refractivity contribution is 5.95. The molecule has 0 bridgehead atoms. The normalized spacial score (nSPS) is 21.1. The van der Waals surface area contributed by atoms with Crippen LogP contribution in [0, 0.1) is 13.8 Å². The maximum Gasteiger partial charge on any atom is 0.408 e. The van der Waals surface area contributed by atoms with Gasteiger partial charge in [0.2, 0.25) is 0 Å². The number of carbonyl (C=O) groups excluding carboxylic acids is 7. The van der Waals surface area contributed by atoms with Gasteiger partial charge >= 0.3 is 35.9 Å². The molecule has 16 heteroatoms. The van der Waals surface area contributed by atoms with Crippen molar-refractivity contribution < 1.29 is 66.7 Å². The van der Waals surface area contributed by atoms with Crippen LogP contribution in [0.25, 0.3) is 0 Å². The second-order valence-electron chi connectivity index (χ2n) is 13.0. The molecule has 51 heavy (non-hydrogen) atoms. The first-order valence-electron chi connectivity index (χ1n) is 16.1. The molecule has 0 aliphatic carbocycles. The summed E-state index contributed by atoms with van der Waals surface area (Å²) in [7, 11) is 1.11. The van der Waals surface area contributed by atoms with Gasteiger partial charge in [-0.15, -0.1) is 6.58 Å². The van der Waals surface area contributed by atoms with Crippen LogP contribution in [0.5, 0.6) is 5.75 Å². The van der Waals surface area contributed by atoms with E-state index in [0.717, 1.165) is 27.9 Å². The lowest BCUT2D eigenvalue weighted by atomic mass is 9.81. The maximum absolute atomic E-state index is 13.4. The topological polar surface area (TPSA) is 208 Å². The molecule has 2 N–H and O–H groups in total. The zero-order valence-electron chi connectivity index (χ0n) is 30.7. The molecule has 1 aromatic rings. The SMILES string of the molecule is C=CC[C@]1(C(=O)OC)C[C@H](OC(C)=O)[C@@H](NC(=O)OC(C)(C)C)[C@@H]([C@H](OC(C)=O)[C@@H](CNC(=O)c2cc(C)c(OC(C)=O)c(C)c2)OC(C)=O)O1. The summed E-state index contributed by atoms with van der Waals surface area (Å²) in [5.41, 5.74) is -1.72. The summed E-state index contributed by atoms with van der Waals surface area (Å²) in [6.07, 6.45) is -6.23. The third-order valence-electron chi connectivity index (χ3n) is 7.42. The molecule has 1 aromatic carbocycles. The number of aryl methyl sites for hydroxylation is 2. The Hall–Kier alpha value is -4.99. The smallest absolute Gasteiger partial charge is 0.408 e. The van der Waals surface area contributed by atoms with Gasteiger partial charge in [-0.1, -0.05) is 6.08 Å². The molecule has 2 amide bonds. The molecule has 1 aliphatic heterocycles. The van der Waals surface area contributed by atoms with E-state index in [1.165, 1.54) is 25.1 Å². The van der Waals surface area contributed by atoms with E-state index in [0.29, 0.717) is 16.9 Å². The number of esters is 5. The fourth-order valence-electron chi connectivity index (χ4n) is 5.69. The number of hydrogen-bond acceptors (Lipinski definition) is 14. The lowest BCUT2D eigenvalue weighted by molar-refractivity contribution is -0.238. The first-order chi connectivity index (χ1) is 23.6. The summed E-state index contributed by atoms with van der Waals surface area (Å²) in [4.78, 5) is 89.0. The molecule has 0 radical (unpaired) electrons. The lowest BCUT2D eigenvalue weighted by Crippen LogP contribution is -2.69. The number of amides is 2. The van der Waals surface area contributed by atoms with Crippen LogP contribution in [-0.2, 0) is 52.4 Å². The van der Waals surface area contributed by atoms with Gasteiger partial charge in [-0.25, -0.2) is 9.59 Å². The van der Waals surface area contributed by atoms with Gasteiger partial charge in [0.25, 0.3) is 5.91 Å². The molecule has 282 valence electrons. The third kappa shape index (κ3) is 12.1. The molecule has 6 atom stereocenters. The van der Waals surface area contributed by atoms with Gasteiger partial charge in [0.05, 0.1) is 19.7 Å². The number of methoxy groups -OCH3 is 1. The Morgan fingerprint density at radius 1 is 0.961 bits per heavy atom. The van der Waals surface area contributed by atoms with Crippen LogP contribution in [0.1, 0.15) is 82.8 Å². The van der Waals surface area contributed by atoms with E-state index in [2.05, 4.69) is 17.2 Å². The van der Waals surface area contributed by atoms with Gasteiger partial charge in [-0.05, 0) is 57.9 Å². The lowest BCUT2D eigenvalue weighted by Gasteiger charge is -2.49. The van der Waals surface area contributed by atoms with Gasteiger partial charge in [0.1, 0.15) is 23.6 Å². The number of nitrogens with one attached hydrogen (secondary N) is 2. The average Bonchev–Trinajstić information content (AvgIpc) is 2.99. The summed E-state index contributed by atoms with van der Waals surface area (Å²) >= 11 is 0. The molecule has 0 saturated carbocycles. The standard InChI is InChI=1S/C35H48N2O14/c1-12-13-35(32(43)45-11)16-25(46-20(4)38)27(37-33(44)51-34(8,9)10)30(50-35)29(49-23(7)41)26(47-21(5)39)17-36-31(42)24-14-18(2)28(19(3)15-24)48-22(6)40/h12,14-15,25-27,29-30H,1,13,16-17H2,2-11H3,(H,36,42)(H,37,44)/t25-,26+,27+,29+,30-,35+/m0/s1. The van der Waals surface area contributed by atoms with Crippen molar-refractivity contribution in [2.75, 3.05) is 13.7 Å². The van der Waals surface area contributed by atoms with Crippen LogP contribution in [0.4, 0.5) is 4.79 Å². The quantitative estimate of drug-likeness (QED) is 0.130. The van der Waals surface area contributed by atoms with E-state index in [9.17, 15) is 33.6 Å². The monoisotopic (exact) mass is 720 g/mol. The Balaban J connectivity index is 2.71. The van der Waals surface area contributed by atoms with Gasteiger partial charge in [0, 0.05) is 46.1 Å². The fraction of sp³-hybridized carbons (Fsp3) is 0.571. The largest absolute Gasteiger partial charge is 0.467 e. The van der Waals surface area contributed by atoms with Crippen molar-refractivity contribution >= 4 is 41.8 Å². The molecular weight excluding hydrogens is 672 g/mol. The summed E-state index contributed by atoms with van der Waals surface area (Å²) in [6.45, 7) is 15.9. The minimum atomic E-state index is -1.89. The van der Waals surface area contributed by atoms with Crippen LogP contribution >= 0.6 is 0 Å². The van der Waals surface area contributed by atoms with Crippen molar-refractivity contribution in [3.63, 3.8) is 0 Å². The number of hydrogen-bond donors (Lipinski definition) is 2. The molecule has 0 unspecified atom stereocenters. The Morgan fingerprint density at radius 3 is 2.02 bits per heavy atom. The molecule has 0 spiro atoms. The molecule has 1 aliphatic rings. The van der Waals surface area contributed by atoms with Crippen molar-refractivity contribution in [1.82, 2.24) is 10.6 Å². The fourth-order valence-corrected chi connectivity index (χ4v) is 5.69. The van der Waals surface area contributed by atoms with E-state index >= 15 is 0 Å². The van der Waals surface area contributed by atoms with Crippen LogP contribution in [0.15, 0.2) is 24.8 Å². The second-order valence-corrected chi connectivity index (χ2v) is 13.0. The van der Waals surface area contributed by atoms with Crippen molar-refractivity contribution in [2.24, 2.45) is 0 Å². The summed E-state index contributed by atoms with van der Waals surface area (Å²) < 4.78 is 39.0. The molecule has 1 fully saturated rings. The number of ether oxygens (including phenoxy) is 7. The maximum atomic E-state index is 13.4. The van der Waals surface area contributed by atoms with Crippen LogP contribution in [0.3, 0.4) is 0 Å². The van der Waals surface area contributed by atoms with E-state index in [4.69, 9.17) is 33.2 Å². The predicted molar refractivity (Wildman–Crippen MR) is 178 cm³/mol. The molecule has 0 aromatic heterocycles. The highest BCUT2D eigenvalue weighted by Gasteiger charge is 2.58. The first-order valence-corrected chi connectivity index (χ1v) is 16.1. The van der Waals surface area contributed by atoms with Crippen LogP contribution in [-0.4, -0.2) is 97.2 Å². The zero-order chi connectivity index (χ0) is 38.8. The summed E-state index contributed by atoms with van der Waals surface area (Å²) in [6, 6.07) is 1.59. The van der Waals surface area contributed by atoms with Gasteiger partial charge in [-0.3, -0.25) is 24.0 Å². The second kappa shape index (κ2) is 17.8. The average molecular weight is 721 g/mol. The molecule has 1 saturated heterocycles. The van der Waals surface area contributed by atoms with Gasteiger partial charge in [0.15, 0.2) is 17.8 Å². The van der Waals surface area contributed by atoms with E-state index in [1.54, 1.807) is 34.6 Å². The van der Waals surface area contributed by atoms with E-state index in [-0.39, 0.29) is 18.4 Å². The van der Waals surface area contributed by atoms with E-state index < -0.39 is 90.1 Å². The van der Waals surface area contributed by atoms with Crippen molar-refractivity contribution in [1.29, 1.82) is 0 Å². The Bertz CT molecular complexity index is 1490. The highest BCUT2D eigenvalue weighted by atomic mass is 16.6. The third-order valence-corrected chi connectivity index (χ3v) is 7.42. The Kier molecular flexibility index (Phi) is 14.7. The van der Waals surface area contributed by atoms with Gasteiger partial charge < -0.3 is 43.8 Å². The highest BCUT2D eigenvalue weighted by Crippen LogP contribution is 2.38. The zero-order valence-corrected chi connectivity index (χ0v) is 30.7. The minimum absolute atomic E-state index is 0.163. The number of rotatable bonds is 13. The molecule has 1 heterocycles. The molecular formula is C35H48N2O14. The summed E-state index contributed by atoms with van der Waals surface area (Å²) in [5, 5.41) is 5.25. The predicted octanol–water partition coefficient (Wildman–Crippen LogP) is 2.92. The molecule has 2 rings (SSSR count). The van der Waals surface area contributed by atoms with Gasteiger partial charge in [-0.2, -0.15) is 0 Å². The van der Waals surface area contributed by atoms with Crippen molar-refractivity contribution in [3.05, 3.63) is 41.5 Å². The van der Waals surface area contributed by atoms with E-state index in [1.807, 2.05) is 0 Å². The Labute approximate surface area is 296 Å². The Morgan fingerprint density at radius 2 is 1.55 bits per heavy atom. The van der Waals surface area contributed by atoms with Crippen LogP contribution in [0.2, 0.25) is 0 Å². The van der Waals surface area contributed by atoms with Crippen molar-refractivity contribution in [2.45, 2.75) is 117 Å².